The molecule has 0 saturated carbocycles. The Hall–Kier alpha value is -1.76. The van der Waals surface area contributed by atoms with Crippen molar-refractivity contribution in [2.45, 2.75) is 19.3 Å². The minimum atomic E-state index is -2.88. The second kappa shape index (κ2) is 6.16. The average molecular weight is 325 g/mol. The molecule has 2 aliphatic heterocycles. The van der Waals surface area contributed by atoms with Crippen LogP contribution in [0.1, 0.15) is 18.4 Å². The number of carbonyl (C=O) groups excluding carboxylic acids is 1. The van der Waals surface area contributed by atoms with Crippen LogP contribution in [0, 0.1) is 5.92 Å². The van der Waals surface area contributed by atoms with E-state index in [2.05, 4.69) is 5.32 Å². The molecule has 1 atom stereocenters. The average Bonchev–Trinajstić information content (AvgIpc) is 3.08. The standard InChI is InChI=1S/C15H19NO5S/c17-15(16-8-12-5-6-22(18,19)9-12)4-2-11-1-3-13-14(7-11)21-10-20-13/h1,3,7,12H,2,4-6,8-10H2,(H,16,17)/t12-/m0/s1. The van der Waals surface area contributed by atoms with E-state index in [0.29, 0.717) is 31.6 Å². The summed E-state index contributed by atoms with van der Waals surface area (Å²) in [5.74, 6) is 1.88. The van der Waals surface area contributed by atoms with Gasteiger partial charge in [0.15, 0.2) is 21.3 Å². The van der Waals surface area contributed by atoms with Crippen LogP contribution in [0.15, 0.2) is 18.2 Å². The molecule has 1 aromatic rings. The molecule has 7 heteroatoms. The van der Waals surface area contributed by atoms with Gasteiger partial charge in [0.25, 0.3) is 0 Å². The van der Waals surface area contributed by atoms with Crippen LogP contribution < -0.4 is 14.8 Å². The van der Waals surface area contributed by atoms with E-state index in [9.17, 15) is 13.2 Å². The van der Waals surface area contributed by atoms with Gasteiger partial charge in [-0.05, 0) is 36.5 Å². The van der Waals surface area contributed by atoms with Gasteiger partial charge in [0, 0.05) is 13.0 Å². The summed E-state index contributed by atoms with van der Waals surface area (Å²) in [4.78, 5) is 11.9. The van der Waals surface area contributed by atoms with E-state index in [1.807, 2.05) is 18.2 Å². The Balaban J connectivity index is 1.43. The van der Waals surface area contributed by atoms with Crippen molar-refractivity contribution in [2.24, 2.45) is 5.92 Å². The maximum absolute atomic E-state index is 11.9. The van der Waals surface area contributed by atoms with Crippen molar-refractivity contribution in [3.05, 3.63) is 23.8 Å². The van der Waals surface area contributed by atoms with Gasteiger partial charge >= 0.3 is 0 Å². The van der Waals surface area contributed by atoms with Crippen LogP contribution in [0.3, 0.4) is 0 Å². The van der Waals surface area contributed by atoms with Gasteiger partial charge < -0.3 is 14.8 Å². The van der Waals surface area contributed by atoms with Crippen molar-refractivity contribution < 1.29 is 22.7 Å². The number of hydrogen-bond donors (Lipinski definition) is 1. The Kier molecular flexibility index (Phi) is 4.24. The lowest BCUT2D eigenvalue weighted by Crippen LogP contribution is -2.29. The van der Waals surface area contributed by atoms with Crippen LogP contribution in [-0.4, -0.2) is 39.2 Å². The van der Waals surface area contributed by atoms with Crippen molar-refractivity contribution in [1.29, 1.82) is 0 Å². The molecule has 1 N–H and O–H groups in total. The molecule has 0 radical (unpaired) electrons. The molecule has 0 unspecified atom stereocenters. The fourth-order valence-electron chi connectivity index (χ4n) is 2.73. The SMILES string of the molecule is O=C(CCc1ccc2c(c1)OCO2)NC[C@@H]1CCS(=O)(=O)C1. The van der Waals surface area contributed by atoms with Gasteiger partial charge in [0.1, 0.15) is 0 Å². The van der Waals surface area contributed by atoms with E-state index in [-0.39, 0.29) is 30.1 Å². The maximum Gasteiger partial charge on any atom is 0.231 e. The molecule has 2 aliphatic rings. The molecule has 0 spiro atoms. The molecule has 0 aromatic heterocycles. The number of fused-ring (bicyclic) bond motifs is 1. The van der Waals surface area contributed by atoms with Gasteiger partial charge in [-0.3, -0.25) is 4.79 Å². The quantitative estimate of drug-likeness (QED) is 0.870. The highest BCUT2D eigenvalue weighted by molar-refractivity contribution is 7.91. The number of amides is 1. The Morgan fingerprint density at radius 3 is 2.86 bits per heavy atom. The highest BCUT2D eigenvalue weighted by atomic mass is 32.2. The number of benzene rings is 1. The van der Waals surface area contributed by atoms with Crippen molar-refractivity contribution in [1.82, 2.24) is 5.32 Å². The Morgan fingerprint density at radius 2 is 2.09 bits per heavy atom. The molecule has 2 heterocycles. The van der Waals surface area contributed by atoms with E-state index in [4.69, 9.17) is 9.47 Å². The van der Waals surface area contributed by atoms with Crippen LogP contribution in [0.2, 0.25) is 0 Å². The van der Waals surface area contributed by atoms with Crippen molar-refractivity contribution in [2.75, 3.05) is 24.8 Å². The van der Waals surface area contributed by atoms with Crippen LogP contribution in [-0.2, 0) is 21.1 Å². The first-order valence-electron chi connectivity index (χ1n) is 7.37. The normalized spacial score (nSPS) is 21.7. The van der Waals surface area contributed by atoms with Crippen LogP contribution >= 0.6 is 0 Å². The highest BCUT2D eigenvalue weighted by Crippen LogP contribution is 2.32. The predicted molar refractivity (Wildman–Crippen MR) is 80.7 cm³/mol. The van der Waals surface area contributed by atoms with E-state index >= 15 is 0 Å². The minimum absolute atomic E-state index is 0.0537. The number of carbonyl (C=O) groups is 1. The summed E-state index contributed by atoms with van der Waals surface area (Å²) in [6.45, 7) is 0.683. The van der Waals surface area contributed by atoms with Crippen molar-refractivity contribution in [3.8, 4) is 11.5 Å². The molecule has 1 fully saturated rings. The molecule has 0 aliphatic carbocycles. The van der Waals surface area contributed by atoms with Gasteiger partial charge in [-0.25, -0.2) is 8.42 Å². The fourth-order valence-corrected chi connectivity index (χ4v) is 4.60. The minimum Gasteiger partial charge on any atom is -0.454 e. The van der Waals surface area contributed by atoms with Gasteiger partial charge in [0.05, 0.1) is 11.5 Å². The monoisotopic (exact) mass is 325 g/mol. The Bertz CT molecular complexity index is 671. The van der Waals surface area contributed by atoms with E-state index in [1.54, 1.807) is 0 Å². The largest absolute Gasteiger partial charge is 0.454 e. The van der Waals surface area contributed by atoms with Gasteiger partial charge in [0.2, 0.25) is 12.7 Å². The summed E-state index contributed by atoms with van der Waals surface area (Å²) in [6.07, 6.45) is 1.63. The smallest absolute Gasteiger partial charge is 0.231 e. The third-order valence-electron chi connectivity index (χ3n) is 3.99. The van der Waals surface area contributed by atoms with Crippen LogP contribution in [0.5, 0.6) is 11.5 Å². The number of ether oxygens (including phenoxy) is 2. The number of sulfone groups is 1. The van der Waals surface area contributed by atoms with Crippen molar-refractivity contribution >= 4 is 15.7 Å². The number of hydrogen-bond acceptors (Lipinski definition) is 5. The second-order valence-corrected chi connectivity index (χ2v) is 7.99. The van der Waals surface area contributed by atoms with Gasteiger partial charge in [-0.2, -0.15) is 0 Å². The first-order chi connectivity index (χ1) is 10.5. The first-order valence-corrected chi connectivity index (χ1v) is 9.20. The van der Waals surface area contributed by atoms with Crippen LogP contribution in [0.25, 0.3) is 0 Å². The third-order valence-corrected chi connectivity index (χ3v) is 5.83. The molecule has 22 heavy (non-hydrogen) atoms. The molecular weight excluding hydrogens is 306 g/mol. The zero-order valence-electron chi connectivity index (χ0n) is 12.2. The molecule has 3 rings (SSSR count). The number of aryl methyl sites for hydroxylation is 1. The highest BCUT2D eigenvalue weighted by Gasteiger charge is 2.27. The molecule has 0 bridgehead atoms. The molecule has 1 saturated heterocycles. The van der Waals surface area contributed by atoms with Crippen LogP contribution in [0.4, 0.5) is 0 Å². The summed E-state index contributed by atoms with van der Waals surface area (Å²) < 4.78 is 33.3. The van der Waals surface area contributed by atoms with E-state index in [0.717, 1.165) is 11.3 Å². The Labute approximate surface area is 129 Å². The summed E-state index contributed by atoms with van der Waals surface area (Å²) in [7, 11) is -2.88. The van der Waals surface area contributed by atoms with Gasteiger partial charge in [-0.15, -0.1) is 0 Å². The summed E-state index contributed by atoms with van der Waals surface area (Å²) in [5.41, 5.74) is 1.02. The number of rotatable bonds is 5. The van der Waals surface area contributed by atoms with E-state index in [1.165, 1.54) is 0 Å². The topological polar surface area (TPSA) is 81.7 Å². The molecule has 120 valence electrons. The zero-order valence-corrected chi connectivity index (χ0v) is 13.0. The molecule has 1 aromatic carbocycles. The first kappa shape index (κ1) is 15.1. The third kappa shape index (κ3) is 3.71. The lowest BCUT2D eigenvalue weighted by Gasteiger charge is -2.09. The lowest BCUT2D eigenvalue weighted by molar-refractivity contribution is -0.121. The fraction of sp³-hybridized carbons (Fsp3) is 0.533. The second-order valence-electron chi connectivity index (χ2n) is 5.76. The summed E-state index contributed by atoms with van der Waals surface area (Å²) in [6, 6.07) is 5.66. The lowest BCUT2D eigenvalue weighted by atomic mass is 10.1. The Morgan fingerprint density at radius 1 is 1.27 bits per heavy atom. The van der Waals surface area contributed by atoms with Gasteiger partial charge in [-0.1, -0.05) is 6.07 Å². The number of nitrogens with one attached hydrogen (secondary N) is 1. The summed E-state index contributed by atoms with van der Waals surface area (Å²) in [5, 5.41) is 2.83. The van der Waals surface area contributed by atoms with Crippen molar-refractivity contribution in [3.63, 3.8) is 0 Å². The zero-order chi connectivity index (χ0) is 15.6. The summed E-state index contributed by atoms with van der Waals surface area (Å²) >= 11 is 0. The molecule has 1 amide bonds. The van der Waals surface area contributed by atoms with E-state index < -0.39 is 9.84 Å². The predicted octanol–water partition coefficient (Wildman–Crippen LogP) is 0.899. The molecular formula is C15H19NO5S. The maximum atomic E-state index is 11.9. The molecule has 6 nitrogen and oxygen atoms in total.